The Balaban J connectivity index is 2.28. The number of rotatable bonds is 4. The SMILES string of the molecule is NCCc1cc(F)c(Oc2cccnc2)c(F)c1. The predicted molar refractivity (Wildman–Crippen MR) is 63.4 cm³/mol. The molecule has 2 aromatic rings. The van der Waals surface area contributed by atoms with E-state index in [1.165, 1.54) is 18.3 Å². The zero-order valence-electron chi connectivity index (χ0n) is 9.57. The maximum absolute atomic E-state index is 13.7. The second kappa shape index (κ2) is 5.55. The lowest BCUT2D eigenvalue weighted by Gasteiger charge is -2.09. The predicted octanol–water partition coefficient (Wildman–Crippen LogP) is 2.65. The molecule has 5 heteroatoms. The first-order chi connectivity index (χ1) is 8.70. The van der Waals surface area contributed by atoms with Gasteiger partial charge in [-0.05, 0) is 42.8 Å². The average molecular weight is 250 g/mol. The van der Waals surface area contributed by atoms with Gasteiger partial charge in [-0.3, -0.25) is 4.98 Å². The number of halogens is 2. The molecule has 1 heterocycles. The summed E-state index contributed by atoms with van der Waals surface area (Å²) < 4.78 is 32.5. The molecule has 0 bridgehead atoms. The molecule has 0 saturated heterocycles. The summed E-state index contributed by atoms with van der Waals surface area (Å²) in [6, 6.07) is 5.64. The lowest BCUT2D eigenvalue weighted by atomic mass is 10.1. The molecule has 18 heavy (non-hydrogen) atoms. The third-order valence-corrected chi connectivity index (χ3v) is 2.35. The lowest BCUT2D eigenvalue weighted by Crippen LogP contribution is -2.04. The maximum Gasteiger partial charge on any atom is 0.198 e. The van der Waals surface area contributed by atoms with Gasteiger partial charge in [0.1, 0.15) is 5.75 Å². The molecule has 0 spiro atoms. The first-order valence-electron chi connectivity index (χ1n) is 5.46. The van der Waals surface area contributed by atoms with Crippen molar-refractivity contribution in [2.45, 2.75) is 6.42 Å². The Bertz CT molecular complexity index is 509. The van der Waals surface area contributed by atoms with E-state index in [0.717, 1.165) is 0 Å². The molecule has 0 atom stereocenters. The van der Waals surface area contributed by atoms with Crippen molar-refractivity contribution in [1.82, 2.24) is 4.98 Å². The highest BCUT2D eigenvalue weighted by Gasteiger charge is 2.13. The maximum atomic E-state index is 13.7. The Labute approximate surface area is 103 Å². The smallest absolute Gasteiger partial charge is 0.198 e. The van der Waals surface area contributed by atoms with Crippen LogP contribution in [0.15, 0.2) is 36.7 Å². The Morgan fingerprint density at radius 1 is 1.22 bits per heavy atom. The zero-order valence-corrected chi connectivity index (χ0v) is 9.57. The monoisotopic (exact) mass is 250 g/mol. The molecule has 0 amide bonds. The van der Waals surface area contributed by atoms with Crippen molar-refractivity contribution < 1.29 is 13.5 Å². The molecule has 0 fully saturated rings. The molecule has 0 aliphatic rings. The van der Waals surface area contributed by atoms with Crippen LogP contribution < -0.4 is 10.5 Å². The summed E-state index contributed by atoms with van der Waals surface area (Å²) >= 11 is 0. The van der Waals surface area contributed by atoms with Crippen molar-refractivity contribution in [3.05, 3.63) is 53.9 Å². The van der Waals surface area contributed by atoms with Crippen LogP contribution in [0.5, 0.6) is 11.5 Å². The lowest BCUT2D eigenvalue weighted by molar-refractivity contribution is 0.405. The van der Waals surface area contributed by atoms with Crippen molar-refractivity contribution in [1.29, 1.82) is 0 Å². The van der Waals surface area contributed by atoms with Gasteiger partial charge in [-0.15, -0.1) is 0 Å². The van der Waals surface area contributed by atoms with Crippen LogP contribution in [0.4, 0.5) is 8.78 Å². The first kappa shape index (κ1) is 12.4. The number of benzene rings is 1. The van der Waals surface area contributed by atoms with Crippen LogP contribution in [0.2, 0.25) is 0 Å². The van der Waals surface area contributed by atoms with Gasteiger partial charge in [-0.2, -0.15) is 0 Å². The van der Waals surface area contributed by atoms with Crippen LogP contribution in [0.25, 0.3) is 0 Å². The van der Waals surface area contributed by atoms with Crippen LogP contribution in [-0.4, -0.2) is 11.5 Å². The van der Waals surface area contributed by atoms with Gasteiger partial charge in [0, 0.05) is 6.20 Å². The van der Waals surface area contributed by atoms with Crippen molar-refractivity contribution in [2.75, 3.05) is 6.54 Å². The Morgan fingerprint density at radius 3 is 2.50 bits per heavy atom. The van der Waals surface area contributed by atoms with Crippen LogP contribution in [0.1, 0.15) is 5.56 Å². The fourth-order valence-electron chi connectivity index (χ4n) is 1.55. The highest BCUT2D eigenvalue weighted by molar-refractivity contribution is 5.35. The molecule has 1 aromatic heterocycles. The minimum absolute atomic E-state index is 0.280. The summed E-state index contributed by atoms with van der Waals surface area (Å²) in [6.07, 6.45) is 3.34. The number of hydrogen-bond donors (Lipinski definition) is 1. The molecule has 0 saturated carbocycles. The highest BCUT2D eigenvalue weighted by atomic mass is 19.1. The quantitative estimate of drug-likeness (QED) is 0.907. The highest BCUT2D eigenvalue weighted by Crippen LogP contribution is 2.28. The number of nitrogens with zero attached hydrogens (tertiary/aromatic N) is 1. The summed E-state index contributed by atoms with van der Waals surface area (Å²) in [6.45, 7) is 0.335. The minimum atomic E-state index is -0.748. The minimum Gasteiger partial charge on any atom is -0.450 e. The largest absolute Gasteiger partial charge is 0.450 e. The molecule has 94 valence electrons. The van der Waals surface area contributed by atoms with Crippen molar-refractivity contribution >= 4 is 0 Å². The van der Waals surface area contributed by atoms with Crippen molar-refractivity contribution in [2.24, 2.45) is 5.73 Å². The Morgan fingerprint density at radius 2 is 1.94 bits per heavy atom. The van der Waals surface area contributed by atoms with Gasteiger partial charge in [0.2, 0.25) is 0 Å². The van der Waals surface area contributed by atoms with Gasteiger partial charge < -0.3 is 10.5 Å². The van der Waals surface area contributed by atoms with Crippen molar-refractivity contribution in [3.8, 4) is 11.5 Å². The summed E-state index contributed by atoms with van der Waals surface area (Å²) in [7, 11) is 0. The third-order valence-electron chi connectivity index (χ3n) is 2.35. The van der Waals surface area contributed by atoms with Crippen LogP contribution >= 0.6 is 0 Å². The molecule has 0 radical (unpaired) electrons. The number of ether oxygens (including phenoxy) is 1. The van der Waals surface area contributed by atoms with E-state index in [0.29, 0.717) is 18.5 Å². The third kappa shape index (κ3) is 2.81. The van der Waals surface area contributed by atoms with E-state index in [1.54, 1.807) is 18.3 Å². The van der Waals surface area contributed by atoms with E-state index in [-0.39, 0.29) is 5.75 Å². The van der Waals surface area contributed by atoms with E-state index in [9.17, 15) is 8.78 Å². The number of pyridine rings is 1. The average Bonchev–Trinajstić information content (AvgIpc) is 2.36. The molecule has 0 aliphatic carbocycles. The molecule has 1 aromatic carbocycles. The summed E-state index contributed by atoms with van der Waals surface area (Å²) in [5.41, 5.74) is 5.84. The van der Waals surface area contributed by atoms with E-state index in [4.69, 9.17) is 10.5 Å². The first-order valence-corrected chi connectivity index (χ1v) is 5.46. The Hall–Kier alpha value is -2.01. The normalized spacial score (nSPS) is 10.4. The second-order valence-corrected chi connectivity index (χ2v) is 3.72. The van der Waals surface area contributed by atoms with Crippen LogP contribution in [0.3, 0.4) is 0 Å². The van der Waals surface area contributed by atoms with Gasteiger partial charge in [-0.25, -0.2) is 8.78 Å². The summed E-state index contributed by atoms with van der Waals surface area (Å²) in [5, 5.41) is 0. The standard InChI is InChI=1S/C13H12F2N2O/c14-11-6-9(3-4-16)7-12(15)13(11)18-10-2-1-5-17-8-10/h1-2,5-8H,3-4,16H2. The van der Waals surface area contributed by atoms with E-state index in [1.807, 2.05) is 0 Å². The Kier molecular flexibility index (Phi) is 3.84. The number of nitrogens with two attached hydrogens (primary N) is 1. The van der Waals surface area contributed by atoms with Crippen molar-refractivity contribution in [3.63, 3.8) is 0 Å². The fraction of sp³-hybridized carbons (Fsp3) is 0.154. The zero-order chi connectivity index (χ0) is 13.0. The van der Waals surface area contributed by atoms with Gasteiger partial charge in [-0.1, -0.05) is 0 Å². The van der Waals surface area contributed by atoms with E-state index >= 15 is 0 Å². The molecule has 0 unspecified atom stereocenters. The molecule has 3 nitrogen and oxygen atoms in total. The van der Waals surface area contributed by atoms with E-state index < -0.39 is 17.4 Å². The number of hydrogen-bond acceptors (Lipinski definition) is 3. The topological polar surface area (TPSA) is 48.1 Å². The summed E-state index contributed by atoms with van der Waals surface area (Å²) in [5.74, 6) is -1.64. The van der Waals surface area contributed by atoms with Gasteiger partial charge in [0.25, 0.3) is 0 Å². The van der Waals surface area contributed by atoms with E-state index in [2.05, 4.69) is 4.98 Å². The molecular formula is C13H12F2N2O. The van der Waals surface area contributed by atoms with Crippen LogP contribution in [-0.2, 0) is 6.42 Å². The number of aromatic nitrogens is 1. The second-order valence-electron chi connectivity index (χ2n) is 3.72. The molecule has 0 aliphatic heterocycles. The van der Waals surface area contributed by atoms with Gasteiger partial charge in [0.05, 0.1) is 6.20 Å². The van der Waals surface area contributed by atoms with Crippen LogP contribution in [0, 0.1) is 11.6 Å². The van der Waals surface area contributed by atoms with Gasteiger partial charge in [0.15, 0.2) is 17.4 Å². The molecular weight excluding hydrogens is 238 g/mol. The molecule has 2 rings (SSSR count). The van der Waals surface area contributed by atoms with Gasteiger partial charge >= 0.3 is 0 Å². The summed E-state index contributed by atoms with van der Waals surface area (Å²) in [4.78, 5) is 3.80. The fourth-order valence-corrected chi connectivity index (χ4v) is 1.55. The molecule has 2 N–H and O–H groups in total.